The summed E-state index contributed by atoms with van der Waals surface area (Å²) in [4.78, 5) is 21.2. The fourth-order valence-corrected chi connectivity index (χ4v) is 6.13. The van der Waals surface area contributed by atoms with Gasteiger partial charge in [-0.2, -0.15) is 0 Å². The van der Waals surface area contributed by atoms with Crippen LogP contribution in [0.25, 0.3) is 10.9 Å². The number of ether oxygens (including phenoxy) is 2. The highest BCUT2D eigenvalue weighted by Gasteiger charge is 2.35. The van der Waals surface area contributed by atoms with Crippen LogP contribution in [-0.2, 0) is 6.42 Å². The molecule has 0 saturated carbocycles. The van der Waals surface area contributed by atoms with Crippen LogP contribution in [0, 0.1) is 0 Å². The number of aromatic amines is 1. The van der Waals surface area contributed by atoms with Gasteiger partial charge in [-0.25, -0.2) is 4.79 Å². The molecule has 0 radical (unpaired) electrons. The number of aromatic nitrogens is 1. The van der Waals surface area contributed by atoms with Crippen LogP contribution in [-0.4, -0.2) is 64.9 Å². The molecule has 1 unspecified atom stereocenters. The van der Waals surface area contributed by atoms with E-state index in [0.717, 1.165) is 72.4 Å². The quantitative estimate of drug-likeness (QED) is 0.229. The third kappa shape index (κ3) is 6.33. The van der Waals surface area contributed by atoms with Gasteiger partial charge < -0.3 is 24.5 Å². The Kier molecular flexibility index (Phi) is 8.40. The zero-order valence-corrected chi connectivity index (χ0v) is 24.2. The molecule has 2 aliphatic heterocycles. The predicted octanol–water partition coefficient (Wildman–Crippen LogP) is 6.85. The van der Waals surface area contributed by atoms with Gasteiger partial charge in [0.25, 0.3) is 0 Å². The molecule has 3 heterocycles. The summed E-state index contributed by atoms with van der Waals surface area (Å²) in [6, 6.07) is 20.2. The number of hydrogen-bond acceptors (Lipinski definition) is 5. The second kappa shape index (κ2) is 12.3. The fourth-order valence-electron chi connectivity index (χ4n) is 5.83. The molecular weight excluding hydrogens is 561 g/mol. The largest absolute Gasteiger partial charge is 0.494 e. The van der Waals surface area contributed by atoms with E-state index in [4.69, 9.17) is 32.7 Å². The van der Waals surface area contributed by atoms with E-state index in [2.05, 4.69) is 9.88 Å². The van der Waals surface area contributed by atoms with E-state index in [1.165, 1.54) is 0 Å². The SMILES string of the molecule is O=C(Oc1ccc(Cl)cc1)N1CCc2c([nH]c3ccc(Cl)cc23)C1c1ccc(OCCCN2CCC(O)CC2)cc1. The van der Waals surface area contributed by atoms with E-state index < -0.39 is 6.09 Å². The standard InChI is InChI=1S/C32H33Cl2N3O4/c33-22-4-9-26(10-5-22)41-32(39)37-18-14-27-28-20-23(34)6-11-29(28)35-30(27)31(37)21-2-7-25(8-3-21)40-19-1-15-36-16-12-24(38)13-17-36/h2-11,20,24,31,35,38H,1,12-19H2. The zero-order valence-electron chi connectivity index (χ0n) is 22.7. The molecule has 1 aromatic heterocycles. The van der Waals surface area contributed by atoms with Crippen molar-refractivity contribution in [1.82, 2.24) is 14.8 Å². The number of halogens is 2. The second-order valence-corrected chi connectivity index (χ2v) is 11.6. The average Bonchev–Trinajstić information content (AvgIpc) is 3.35. The first-order valence-corrected chi connectivity index (χ1v) is 14.9. The minimum atomic E-state index is -0.426. The van der Waals surface area contributed by atoms with Crippen LogP contribution >= 0.6 is 23.2 Å². The van der Waals surface area contributed by atoms with E-state index >= 15 is 0 Å². The van der Waals surface area contributed by atoms with Gasteiger partial charge in [-0.1, -0.05) is 35.3 Å². The lowest BCUT2D eigenvalue weighted by atomic mass is 9.92. The third-order valence-corrected chi connectivity index (χ3v) is 8.47. The number of likely N-dealkylation sites (tertiary alicyclic amines) is 1. The second-order valence-electron chi connectivity index (χ2n) is 10.7. The molecule has 2 N–H and O–H groups in total. The number of nitrogens with one attached hydrogen (secondary N) is 1. The maximum absolute atomic E-state index is 13.5. The van der Waals surface area contributed by atoms with E-state index in [1.54, 1.807) is 29.2 Å². The third-order valence-electron chi connectivity index (χ3n) is 7.98. The first-order chi connectivity index (χ1) is 19.9. The molecular formula is C32H33Cl2N3O4. The maximum atomic E-state index is 13.5. The number of benzene rings is 3. The number of rotatable bonds is 7. The number of H-pyrrole nitrogens is 1. The Balaban J connectivity index is 1.20. The number of aliphatic hydroxyl groups is 1. The van der Waals surface area contributed by atoms with Crippen molar-refractivity contribution in [2.45, 2.75) is 37.8 Å². The van der Waals surface area contributed by atoms with Crippen LogP contribution in [0.15, 0.2) is 66.7 Å². The number of aliphatic hydroxyl groups excluding tert-OH is 1. The zero-order chi connectivity index (χ0) is 28.3. The fraction of sp³-hybridized carbons (Fsp3) is 0.344. The Morgan fingerprint density at radius 2 is 1.63 bits per heavy atom. The predicted molar refractivity (Wildman–Crippen MR) is 161 cm³/mol. The molecule has 0 aliphatic carbocycles. The number of fused-ring (bicyclic) bond motifs is 3. The number of nitrogens with zero attached hydrogens (tertiary/aromatic N) is 2. The van der Waals surface area contributed by atoms with Gasteiger partial charge in [0.05, 0.1) is 12.7 Å². The highest BCUT2D eigenvalue weighted by Crippen LogP contribution is 2.40. The summed E-state index contributed by atoms with van der Waals surface area (Å²) in [5, 5.41) is 12.0. The topological polar surface area (TPSA) is 78.0 Å². The van der Waals surface area contributed by atoms with E-state index in [0.29, 0.717) is 35.4 Å². The van der Waals surface area contributed by atoms with Crippen LogP contribution < -0.4 is 9.47 Å². The lowest BCUT2D eigenvalue weighted by Crippen LogP contribution is -2.42. The Labute approximate surface area is 249 Å². The number of carbonyl (C=O) groups is 1. The van der Waals surface area contributed by atoms with Crippen LogP contribution in [0.2, 0.25) is 10.0 Å². The molecule has 7 nitrogen and oxygen atoms in total. The van der Waals surface area contributed by atoms with Gasteiger partial charge in [-0.15, -0.1) is 0 Å². The average molecular weight is 595 g/mol. The molecule has 6 rings (SSSR count). The van der Waals surface area contributed by atoms with Gasteiger partial charge in [0.2, 0.25) is 0 Å². The monoisotopic (exact) mass is 593 g/mol. The maximum Gasteiger partial charge on any atom is 0.416 e. The van der Waals surface area contributed by atoms with Crippen LogP contribution in [0.3, 0.4) is 0 Å². The summed E-state index contributed by atoms with van der Waals surface area (Å²) < 4.78 is 11.8. The van der Waals surface area contributed by atoms with Gasteiger partial charge in [-0.3, -0.25) is 4.90 Å². The molecule has 1 amide bonds. The van der Waals surface area contributed by atoms with Gasteiger partial charge in [0.1, 0.15) is 17.5 Å². The smallest absolute Gasteiger partial charge is 0.416 e. The number of amides is 1. The van der Waals surface area contributed by atoms with Gasteiger partial charge in [0, 0.05) is 52.8 Å². The highest BCUT2D eigenvalue weighted by molar-refractivity contribution is 6.31. The molecule has 214 valence electrons. The van der Waals surface area contributed by atoms with Crippen molar-refractivity contribution in [3.8, 4) is 11.5 Å². The Hall–Kier alpha value is -3.23. The van der Waals surface area contributed by atoms with Crippen molar-refractivity contribution in [2.24, 2.45) is 0 Å². The molecule has 1 fully saturated rings. The molecule has 0 spiro atoms. The lowest BCUT2D eigenvalue weighted by molar-refractivity contribution is 0.0800. The number of hydrogen-bond donors (Lipinski definition) is 2. The van der Waals surface area contributed by atoms with Crippen LogP contribution in [0.5, 0.6) is 11.5 Å². The highest BCUT2D eigenvalue weighted by atomic mass is 35.5. The van der Waals surface area contributed by atoms with Crippen molar-refractivity contribution in [3.05, 3.63) is 93.6 Å². The Bertz CT molecular complexity index is 1500. The summed E-state index contributed by atoms with van der Waals surface area (Å²) >= 11 is 12.4. The first-order valence-electron chi connectivity index (χ1n) is 14.1. The van der Waals surface area contributed by atoms with E-state index in [-0.39, 0.29) is 12.1 Å². The van der Waals surface area contributed by atoms with Crippen molar-refractivity contribution < 1.29 is 19.4 Å². The van der Waals surface area contributed by atoms with Crippen molar-refractivity contribution >= 4 is 40.2 Å². The first kappa shape index (κ1) is 27.9. The molecule has 1 saturated heterocycles. The molecule has 0 bridgehead atoms. The van der Waals surface area contributed by atoms with Crippen molar-refractivity contribution in [2.75, 3.05) is 32.8 Å². The normalized spacial score (nSPS) is 17.9. The number of piperidine rings is 1. The minimum absolute atomic E-state index is 0.154. The van der Waals surface area contributed by atoms with Crippen molar-refractivity contribution in [1.29, 1.82) is 0 Å². The summed E-state index contributed by atoms with van der Waals surface area (Å²) in [7, 11) is 0. The van der Waals surface area contributed by atoms with E-state index in [1.807, 2.05) is 42.5 Å². The molecule has 4 aromatic rings. The molecule has 2 aliphatic rings. The molecule has 9 heteroatoms. The molecule has 1 atom stereocenters. The van der Waals surface area contributed by atoms with Crippen molar-refractivity contribution in [3.63, 3.8) is 0 Å². The summed E-state index contributed by atoms with van der Waals surface area (Å²) in [6.07, 6.45) is 2.71. The lowest BCUT2D eigenvalue weighted by Gasteiger charge is -2.35. The Morgan fingerprint density at radius 3 is 2.39 bits per heavy atom. The van der Waals surface area contributed by atoms with Crippen LogP contribution in [0.1, 0.15) is 42.1 Å². The molecule has 3 aromatic carbocycles. The summed E-state index contributed by atoms with van der Waals surface area (Å²) in [5.41, 5.74) is 4.06. The van der Waals surface area contributed by atoms with E-state index in [9.17, 15) is 9.90 Å². The summed E-state index contributed by atoms with van der Waals surface area (Å²) in [5.74, 6) is 1.23. The summed E-state index contributed by atoms with van der Waals surface area (Å²) in [6.45, 7) is 3.96. The minimum Gasteiger partial charge on any atom is -0.494 e. The van der Waals surface area contributed by atoms with Gasteiger partial charge in [0.15, 0.2) is 0 Å². The van der Waals surface area contributed by atoms with Gasteiger partial charge in [-0.05, 0) is 91.4 Å². The van der Waals surface area contributed by atoms with Crippen LogP contribution in [0.4, 0.5) is 4.79 Å². The Morgan fingerprint density at radius 1 is 0.927 bits per heavy atom. The molecule has 41 heavy (non-hydrogen) atoms. The van der Waals surface area contributed by atoms with Gasteiger partial charge >= 0.3 is 6.09 Å². The number of carbonyl (C=O) groups excluding carboxylic acids is 1.